The van der Waals surface area contributed by atoms with E-state index in [1.807, 2.05) is 18.8 Å². The third-order valence-electron chi connectivity index (χ3n) is 3.14. The van der Waals surface area contributed by atoms with Crippen LogP contribution in [0.5, 0.6) is 0 Å². The molecule has 1 heterocycles. The predicted molar refractivity (Wildman–Crippen MR) is 77.3 cm³/mol. The molecule has 2 nitrogen and oxygen atoms in total. The van der Waals surface area contributed by atoms with Gasteiger partial charge in [-0.1, -0.05) is 42.1 Å². The van der Waals surface area contributed by atoms with E-state index in [4.69, 9.17) is 0 Å². The van der Waals surface area contributed by atoms with Gasteiger partial charge in [0.1, 0.15) is 0 Å². The molecule has 2 N–H and O–H groups in total. The van der Waals surface area contributed by atoms with Crippen molar-refractivity contribution in [1.82, 2.24) is 5.32 Å². The summed E-state index contributed by atoms with van der Waals surface area (Å²) in [6.45, 7) is 0.923. The van der Waals surface area contributed by atoms with E-state index in [-0.39, 0.29) is 0 Å². The molecule has 0 saturated carbocycles. The maximum absolute atomic E-state index is 3.63. The number of rotatable bonds is 2. The van der Waals surface area contributed by atoms with Gasteiger partial charge in [0.15, 0.2) is 0 Å². The van der Waals surface area contributed by atoms with Gasteiger partial charge >= 0.3 is 0 Å². The summed E-state index contributed by atoms with van der Waals surface area (Å²) in [6, 6.07) is 17.4. The molecule has 0 aliphatic carbocycles. The van der Waals surface area contributed by atoms with Crippen LogP contribution in [0.2, 0.25) is 0 Å². The van der Waals surface area contributed by atoms with Crippen LogP contribution < -0.4 is 10.6 Å². The Bertz CT molecular complexity index is 554. The fraction of sp³-hybridized carbons (Fsp3) is 0.200. The summed E-state index contributed by atoms with van der Waals surface area (Å²) in [4.78, 5) is 2.64. The molecule has 0 aromatic heterocycles. The quantitative estimate of drug-likeness (QED) is 0.859. The normalized spacial score (nSPS) is 17.3. The van der Waals surface area contributed by atoms with Gasteiger partial charge in [-0.15, -0.1) is 0 Å². The second-order valence-corrected chi connectivity index (χ2v) is 5.47. The SMILES string of the molecule is CNC[C@@H]1Nc2ccccc2Sc2ccccc21. The fourth-order valence-corrected chi connectivity index (χ4v) is 3.38. The van der Waals surface area contributed by atoms with Crippen LogP contribution in [0.25, 0.3) is 0 Å². The summed E-state index contributed by atoms with van der Waals surface area (Å²) in [5, 5.41) is 6.90. The molecule has 18 heavy (non-hydrogen) atoms. The van der Waals surface area contributed by atoms with Gasteiger partial charge < -0.3 is 10.6 Å². The number of benzene rings is 2. The second-order valence-electron chi connectivity index (χ2n) is 4.39. The second kappa shape index (κ2) is 5.04. The molecule has 2 aromatic carbocycles. The van der Waals surface area contributed by atoms with Crippen LogP contribution in [0, 0.1) is 0 Å². The number of para-hydroxylation sites is 1. The van der Waals surface area contributed by atoms with Crippen LogP contribution in [0.15, 0.2) is 58.3 Å². The summed E-state index contributed by atoms with van der Waals surface area (Å²) in [6.07, 6.45) is 0. The molecule has 2 aromatic rings. The van der Waals surface area contributed by atoms with E-state index < -0.39 is 0 Å². The Morgan fingerprint density at radius 3 is 2.61 bits per heavy atom. The fourth-order valence-electron chi connectivity index (χ4n) is 2.29. The maximum atomic E-state index is 3.63. The van der Waals surface area contributed by atoms with Crippen molar-refractivity contribution in [3.63, 3.8) is 0 Å². The van der Waals surface area contributed by atoms with Gasteiger partial charge in [-0.25, -0.2) is 0 Å². The number of anilines is 1. The predicted octanol–water partition coefficient (Wildman–Crippen LogP) is 3.52. The molecule has 0 spiro atoms. The largest absolute Gasteiger partial charge is 0.376 e. The molecule has 3 heteroatoms. The lowest BCUT2D eigenvalue weighted by molar-refractivity contribution is 0.681. The summed E-state index contributed by atoms with van der Waals surface area (Å²) in [5.41, 5.74) is 2.59. The minimum absolute atomic E-state index is 0.322. The van der Waals surface area contributed by atoms with Crippen LogP contribution >= 0.6 is 11.8 Å². The van der Waals surface area contributed by atoms with Gasteiger partial charge in [-0.05, 0) is 30.8 Å². The Labute approximate surface area is 112 Å². The molecular formula is C15H16N2S. The Morgan fingerprint density at radius 2 is 1.78 bits per heavy atom. The highest BCUT2D eigenvalue weighted by molar-refractivity contribution is 7.99. The van der Waals surface area contributed by atoms with Crippen molar-refractivity contribution < 1.29 is 0 Å². The first-order valence-corrected chi connectivity index (χ1v) is 6.97. The van der Waals surface area contributed by atoms with E-state index in [0.29, 0.717) is 6.04 Å². The molecule has 0 radical (unpaired) electrons. The van der Waals surface area contributed by atoms with Crippen LogP contribution in [0.3, 0.4) is 0 Å². The molecule has 0 saturated heterocycles. The molecule has 0 fully saturated rings. The van der Waals surface area contributed by atoms with E-state index in [1.54, 1.807) is 0 Å². The Morgan fingerprint density at radius 1 is 1.06 bits per heavy atom. The minimum Gasteiger partial charge on any atom is -0.376 e. The van der Waals surface area contributed by atoms with Crippen LogP contribution in [-0.2, 0) is 0 Å². The monoisotopic (exact) mass is 256 g/mol. The minimum atomic E-state index is 0.322. The first-order valence-electron chi connectivity index (χ1n) is 6.15. The molecule has 1 aliphatic rings. The van der Waals surface area contributed by atoms with Crippen molar-refractivity contribution in [3.8, 4) is 0 Å². The topological polar surface area (TPSA) is 24.1 Å². The van der Waals surface area contributed by atoms with Crippen molar-refractivity contribution in [1.29, 1.82) is 0 Å². The van der Waals surface area contributed by atoms with E-state index in [1.165, 1.54) is 21.0 Å². The molecule has 92 valence electrons. The van der Waals surface area contributed by atoms with Crippen molar-refractivity contribution in [2.45, 2.75) is 15.8 Å². The van der Waals surface area contributed by atoms with Crippen molar-refractivity contribution in [2.75, 3.05) is 18.9 Å². The smallest absolute Gasteiger partial charge is 0.0649 e. The molecule has 3 rings (SSSR count). The molecule has 0 amide bonds. The third kappa shape index (κ3) is 2.11. The Kier molecular flexibility index (Phi) is 3.26. The van der Waals surface area contributed by atoms with Crippen molar-refractivity contribution >= 4 is 17.4 Å². The summed E-state index contributed by atoms with van der Waals surface area (Å²) in [7, 11) is 1.99. The van der Waals surface area contributed by atoms with Crippen LogP contribution in [-0.4, -0.2) is 13.6 Å². The van der Waals surface area contributed by atoms with E-state index >= 15 is 0 Å². The zero-order chi connectivity index (χ0) is 12.4. The van der Waals surface area contributed by atoms with Crippen LogP contribution in [0.1, 0.15) is 11.6 Å². The average Bonchev–Trinajstić information content (AvgIpc) is 2.56. The van der Waals surface area contributed by atoms with Crippen molar-refractivity contribution in [2.24, 2.45) is 0 Å². The lowest BCUT2D eigenvalue weighted by Crippen LogP contribution is -2.23. The molecule has 1 atom stereocenters. The van der Waals surface area contributed by atoms with Crippen LogP contribution in [0.4, 0.5) is 5.69 Å². The number of fused-ring (bicyclic) bond motifs is 2. The maximum Gasteiger partial charge on any atom is 0.0649 e. The van der Waals surface area contributed by atoms with E-state index in [0.717, 1.165) is 6.54 Å². The lowest BCUT2D eigenvalue weighted by atomic mass is 10.1. The lowest BCUT2D eigenvalue weighted by Gasteiger charge is -2.19. The van der Waals surface area contributed by atoms with Crippen molar-refractivity contribution in [3.05, 3.63) is 54.1 Å². The number of likely N-dealkylation sites (N-methyl/N-ethyl adjacent to an activating group) is 1. The van der Waals surface area contributed by atoms with Gasteiger partial charge in [0.2, 0.25) is 0 Å². The van der Waals surface area contributed by atoms with E-state index in [9.17, 15) is 0 Å². The first-order chi connectivity index (χ1) is 8.88. The highest BCUT2D eigenvalue weighted by atomic mass is 32.2. The average molecular weight is 256 g/mol. The van der Waals surface area contributed by atoms with E-state index in [2.05, 4.69) is 59.2 Å². The first kappa shape index (κ1) is 11.6. The van der Waals surface area contributed by atoms with Gasteiger partial charge in [-0.2, -0.15) is 0 Å². The summed E-state index contributed by atoms with van der Waals surface area (Å²) >= 11 is 1.84. The number of hydrogen-bond donors (Lipinski definition) is 2. The van der Waals surface area contributed by atoms with Gasteiger partial charge in [0.25, 0.3) is 0 Å². The molecule has 0 unspecified atom stereocenters. The Balaban J connectivity index is 2.08. The zero-order valence-electron chi connectivity index (χ0n) is 10.3. The summed E-state index contributed by atoms with van der Waals surface area (Å²) < 4.78 is 0. The highest BCUT2D eigenvalue weighted by Crippen LogP contribution is 2.41. The molecule has 1 aliphatic heterocycles. The standard InChI is InChI=1S/C15H16N2S/c1-16-10-13-11-6-2-4-8-14(11)18-15-9-5-3-7-12(15)17-13/h2-9,13,16-17H,10H2,1H3/t13-/m0/s1. The van der Waals surface area contributed by atoms with Gasteiger partial charge in [0, 0.05) is 22.0 Å². The molecular weight excluding hydrogens is 240 g/mol. The summed E-state index contributed by atoms with van der Waals surface area (Å²) in [5.74, 6) is 0. The van der Waals surface area contributed by atoms with Gasteiger partial charge in [-0.3, -0.25) is 0 Å². The van der Waals surface area contributed by atoms with Gasteiger partial charge in [0.05, 0.1) is 6.04 Å². The zero-order valence-corrected chi connectivity index (χ0v) is 11.1. The third-order valence-corrected chi connectivity index (χ3v) is 4.31. The number of hydrogen-bond acceptors (Lipinski definition) is 3. The molecule has 0 bridgehead atoms. The highest BCUT2D eigenvalue weighted by Gasteiger charge is 2.20. The number of nitrogens with one attached hydrogen (secondary N) is 2. The Hall–Kier alpha value is -1.45.